The maximum atomic E-state index is 12.8. The van der Waals surface area contributed by atoms with Crippen LogP contribution in [0.3, 0.4) is 0 Å². The molecule has 0 aliphatic carbocycles. The number of nitrogens with one attached hydrogen (secondary N) is 2. The summed E-state index contributed by atoms with van der Waals surface area (Å²) >= 11 is 5.50. The van der Waals surface area contributed by atoms with Gasteiger partial charge in [-0.2, -0.15) is 13.2 Å². The summed E-state index contributed by atoms with van der Waals surface area (Å²) in [6, 6.07) is 8.26. The van der Waals surface area contributed by atoms with Crippen LogP contribution < -0.4 is 10.6 Å². The monoisotopic (exact) mass is 414 g/mol. The molecule has 0 spiro atoms. The molecule has 0 bridgehead atoms. The predicted octanol–water partition coefficient (Wildman–Crippen LogP) is 4.11. The van der Waals surface area contributed by atoms with Crippen LogP contribution in [0.1, 0.15) is 22.8 Å². The van der Waals surface area contributed by atoms with Gasteiger partial charge < -0.3 is 15.4 Å². The van der Waals surface area contributed by atoms with E-state index in [9.17, 15) is 27.6 Å². The zero-order valence-electron chi connectivity index (χ0n) is 14.4. The summed E-state index contributed by atoms with van der Waals surface area (Å²) in [5, 5.41) is 3.80. The molecule has 0 heterocycles. The van der Waals surface area contributed by atoms with Gasteiger partial charge in [0.25, 0.3) is 0 Å². The SMILES string of the molecule is CCOC(=O)c1ccc(NC(=O)C(=O)Nc2ccc(Cl)c(C(F)(F)F)c2)cc1. The number of carbonyl (C=O) groups is 3. The molecule has 0 saturated carbocycles. The largest absolute Gasteiger partial charge is 0.462 e. The highest BCUT2D eigenvalue weighted by Gasteiger charge is 2.33. The molecule has 0 saturated heterocycles. The molecular weight excluding hydrogens is 401 g/mol. The second-order valence-corrected chi connectivity index (χ2v) is 5.81. The fourth-order valence-electron chi connectivity index (χ4n) is 2.10. The number of halogens is 4. The lowest BCUT2D eigenvalue weighted by Gasteiger charge is -2.12. The van der Waals surface area contributed by atoms with Gasteiger partial charge in [-0.05, 0) is 49.4 Å². The van der Waals surface area contributed by atoms with Gasteiger partial charge in [-0.3, -0.25) is 9.59 Å². The molecule has 0 atom stereocenters. The number of rotatable bonds is 4. The van der Waals surface area contributed by atoms with Gasteiger partial charge in [0, 0.05) is 11.4 Å². The van der Waals surface area contributed by atoms with E-state index < -0.39 is 34.5 Å². The molecule has 6 nitrogen and oxygen atoms in total. The quantitative estimate of drug-likeness (QED) is 0.582. The second kappa shape index (κ2) is 8.75. The third-order valence-corrected chi connectivity index (χ3v) is 3.72. The summed E-state index contributed by atoms with van der Waals surface area (Å²) in [6.45, 7) is 1.86. The summed E-state index contributed by atoms with van der Waals surface area (Å²) in [7, 11) is 0. The standard InChI is InChI=1S/C18H14ClF3N2O4/c1-2-28-17(27)10-3-5-11(6-4-10)23-15(25)16(26)24-12-7-8-14(19)13(9-12)18(20,21)22/h3-9H,2H2,1H3,(H,23,25)(H,24,26). The number of amides is 2. The number of carbonyl (C=O) groups excluding carboxylic acids is 3. The third-order valence-electron chi connectivity index (χ3n) is 3.39. The highest BCUT2D eigenvalue weighted by Crippen LogP contribution is 2.36. The maximum Gasteiger partial charge on any atom is 0.417 e. The first-order valence-electron chi connectivity index (χ1n) is 7.88. The maximum absolute atomic E-state index is 12.8. The van der Waals surface area contributed by atoms with Crippen molar-refractivity contribution in [2.75, 3.05) is 17.2 Å². The zero-order valence-corrected chi connectivity index (χ0v) is 15.1. The Morgan fingerprint density at radius 1 is 0.964 bits per heavy atom. The fourth-order valence-corrected chi connectivity index (χ4v) is 2.32. The number of hydrogen-bond donors (Lipinski definition) is 2. The van der Waals surface area contributed by atoms with Crippen molar-refractivity contribution >= 4 is 40.8 Å². The average molecular weight is 415 g/mol. The van der Waals surface area contributed by atoms with Crippen molar-refractivity contribution in [3.05, 3.63) is 58.6 Å². The second-order valence-electron chi connectivity index (χ2n) is 5.40. The van der Waals surface area contributed by atoms with E-state index in [4.69, 9.17) is 16.3 Å². The Labute approximate surface area is 162 Å². The van der Waals surface area contributed by atoms with Crippen molar-refractivity contribution in [1.29, 1.82) is 0 Å². The zero-order chi connectivity index (χ0) is 20.9. The van der Waals surface area contributed by atoms with Gasteiger partial charge in [-0.1, -0.05) is 11.6 Å². The van der Waals surface area contributed by atoms with Gasteiger partial charge in [0.1, 0.15) is 0 Å². The van der Waals surface area contributed by atoms with Crippen molar-refractivity contribution in [2.24, 2.45) is 0 Å². The van der Waals surface area contributed by atoms with E-state index in [1.165, 1.54) is 24.3 Å². The average Bonchev–Trinajstić information content (AvgIpc) is 2.63. The summed E-state index contributed by atoms with van der Waals surface area (Å²) in [6.07, 6.45) is -4.71. The minimum Gasteiger partial charge on any atom is -0.462 e. The molecular formula is C18H14ClF3N2O4. The van der Waals surface area contributed by atoms with Gasteiger partial charge in [-0.25, -0.2) is 4.79 Å². The van der Waals surface area contributed by atoms with E-state index in [1.807, 2.05) is 0 Å². The Morgan fingerprint density at radius 2 is 1.50 bits per heavy atom. The highest BCUT2D eigenvalue weighted by molar-refractivity contribution is 6.43. The number of hydrogen-bond acceptors (Lipinski definition) is 4. The van der Waals surface area contributed by atoms with Crippen LogP contribution in [0, 0.1) is 0 Å². The van der Waals surface area contributed by atoms with Crippen molar-refractivity contribution in [3.8, 4) is 0 Å². The molecule has 148 valence electrons. The molecule has 0 aliphatic rings. The van der Waals surface area contributed by atoms with Crippen LogP contribution in [0.25, 0.3) is 0 Å². The van der Waals surface area contributed by atoms with Crippen LogP contribution in [0.15, 0.2) is 42.5 Å². The van der Waals surface area contributed by atoms with Crippen molar-refractivity contribution < 1.29 is 32.3 Å². The van der Waals surface area contributed by atoms with Crippen molar-refractivity contribution in [3.63, 3.8) is 0 Å². The Balaban J connectivity index is 2.04. The first kappa shape index (κ1) is 21.2. The minimum atomic E-state index is -4.71. The predicted molar refractivity (Wildman–Crippen MR) is 96.1 cm³/mol. The Hall–Kier alpha value is -3.07. The molecule has 2 aromatic rings. The number of benzene rings is 2. The number of ether oxygens (including phenoxy) is 1. The smallest absolute Gasteiger partial charge is 0.417 e. The van der Waals surface area contributed by atoms with Crippen LogP contribution in [0.4, 0.5) is 24.5 Å². The lowest BCUT2D eigenvalue weighted by atomic mass is 10.2. The van der Waals surface area contributed by atoms with Gasteiger partial charge in [-0.15, -0.1) is 0 Å². The van der Waals surface area contributed by atoms with Crippen LogP contribution in [-0.4, -0.2) is 24.4 Å². The van der Waals surface area contributed by atoms with Crippen LogP contribution in [0.2, 0.25) is 5.02 Å². The van der Waals surface area contributed by atoms with Crippen molar-refractivity contribution in [2.45, 2.75) is 13.1 Å². The van der Waals surface area contributed by atoms with Gasteiger partial charge in [0.05, 0.1) is 22.8 Å². The van der Waals surface area contributed by atoms with Gasteiger partial charge in [0.2, 0.25) is 0 Å². The molecule has 2 aromatic carbocycles. The Bertz CT molecular complexity index is 899. The number of esters is 1. The first-order chi connectivity index (χ1) is 13.1. The molecule has 0 aromatic heterocycles. The van der Waals surface area contributed by atoms with E-state index in [0.29, 0.717) is 6.07 Å². The lowest BCUT2D eigenvalue weighted by Crippen LogP contribution is -2.29. The lowest BCUT2D eigenvalue weighted by molar-refractivity contribution is -0.137. The minimum absolute atomic E-state index is 0.207. The molecule has 2 N–H and O–H groups in total. The Morgan fingerprint density at radius 3 is 2.04 bits per heavy atom. The van der Waals surface area contributed by atoms with E-state index in [0.717, 1.165) is 12.1 Å². The van der Waals surface area contributed by atoms with E-state index in [2.05, 4.69) is 10.6 Å². The van der Waals surface area contributed by atoms with Gasteiger partial charge >= 0.3 is 24.0 Å². The number of anilines is 2. The topological polar surface area (TPSA) is 84.5 Å². The van der Waals surface area contributed by atoms with Crippen molar-refractivity contribution in [1.82, 2.24) is 0 Å². The molecule has 0 fully saturated rings. The fraction of sp³-hybridized carbons (Fsp3) is 0.167. The Kier molecular flexibility index (Phi) is 6.63. The van der Waals surface area contributed by atoms with E-state index in [-0.39, 0.29) is 23.5 Å². The molecule has 0 unspecified atom stereocenters. The van der Waals surface area contributed by atoms with Crippen LogP contribution >= 0.6 is 11.6 Å². The van der Waals surface area contributed by atoms with E-state index >= 15 is 0 Å². The van der Waals surface area contributed by atoms with Crippen LogP contribution in [-0.2, 0) is 20.5 Å². The molecule has 28 heavy (non-hydrogen) atoms. The third kappa shape index (κ3) is 5.46. The van der Waals surface area contributed by atoms with E-state index in [1.54, 1.807) is 6.92 Å². The van der Waals surface area contributed by atoms with Crippen LogP contribution in [0.5, 0.6) is 0 Å². The normalized spacial score (nSPS) is 10.9. The molecule has 10 heteroatoms. The molecule has 2 rings (SSSR count). The molecule has 0 aliphatic heterocycles. The molecule has 2 amide bonds. The highest BCUT2D eigenvalue weighted by atomic mass is 35.5. The summed E-state index contributed by atoms with van der Waals surface area (Å²) in [4.78, 5) is 35.4. The summed E-state index contributed by atoms with van der Waals surface area (Å²) in [5.74, 6) is -2.82. The van der Waals surface area contributed by atoms with Gasteiger partial charge in [0.15, 0.2) is 0 Å². The summed E-state index contributed by atoms with van der Waals surface area (Å²) < 4.78 is 43.3. The first-order valence-corrected chi connectivity index (χ1v) is 8.26. The molecule has 0 radical (unpaired) electrons. The summed E-state index contributed by atoms with van der Waals surface area (Å²) in [5.41, 5.74) is -0.915. The number of alkyl halides is 3.